The molecule has 0 bridgehead atoms. The molecule has 120 valence electrons. The second kappa shape index (κ2) is 6.75. The zero-order chi connectivity index (χ0) is 15.5. The van der Waals surface area contributed by atoms with E-state index in [1.165, 1.54) is 0 Å². The van der Waals surface area contributed by atoms with Gasteiger partial charge in [-0.2, -0.15) is 0 Å². The highest BCUT2D eigenvalue weighted by Gasteiger charge is 2.40. The van der Waals surface area contributed by atoms with Crippen molar-refractivity contribution in [1.82, 2.24) is 15.1 Å². The highest BCUT2D eigenvalue weighted by Crippen LogP contribution is 2.19. The second-order valence-corrected chi connectivity index (χ2v) is 6.43. The van der Waals surface area contributed by atoms with Crippen LogP contribution in [0.4, 0.5) is 0 Å². The number of amides is 2. The molecule has 1 N–H and O–H groups in total. The number of carbonyl (C=O) groups excluding carboxylic acids is 2. The Kier molecular flexibility index (Phi) is 5.22. The third kappa shape index (κ3) is 3.95. The molecule has 2 heterocycles. The summed E-state index contributed by atoms with van der Waals surface area (Å²) in [5.74, 6) is 0.686. The molecule has 1 atom stereocenters. The summed E-state index contributed by atoms with van der Waals surface area (Å²) in [5.41, 5.74) is -0.931. The average molecular weight is 297 g/mol. The lowest BCUT2D eigenvalue weighted by Gasteiger charge is -2.40. The molecule has 0 radical (unpaired) electrons. The van der Waals surface area contributed by atoms with Crippen molar-refractivity contribution >= 4 is 11.8 Å². The molecule has 2 aliphatic rings. The zero-order valence-electron chi connectivity index (χ0n) is 13.4. The maximum Gasteiger partial charge on any atom is 0.253 e. The molecule has 0 saturated carbocycles. The minimum absolute atomic E-state index is 0.1000. The summed E-state index contributed by atoms with van der Waals surface area (Å²) in [6, 6.07) is 0. The topological polar surface area (TPSA) is 61.9 Å². The number of hydrogen-bond acceptors (Lipinski definition) is 4. The van der Waals surface area contributed by atoms with E-state index in [2.05, 4.69) is 17.1 Å². The summed E-state index contributed by atoms with van der Waals surface area (Å²) in [4.78, 5) is 28.3. The van der Waals surface area contributed by atoms with Crippen LogP contribution in [-0.4, -0.2) is 73.6 Å². The van der Waals surface area contributed by atoms with Gasteiger partial charge in [0.25, 0.3) is 5.91 Å². The first-order valence-corrected chi connectivity index (χ1v) is 7.81. The fourth-order valence-electron chi connectivity index (χ4n) is 3.00. The van der Waals surface area contributed by atoms with Crippen molar-refractivity contribution in [1.29, 1.82) is 0 Å². The van der Waals surface area contributed by atoms with Crippen molar-refractivity contribution in [2.75, 3.05) is 46.4 Å². The quantitative estimate of drug-likeness (QED) is 0.801. The summed E-state index contributed by atoms with van der Waals surface area (Å²) in [5, 5.41) is 2.61. The van der Waals surface area contributed by atoms with Crippen molar-refractivity contribution < 1.29 is 14.3 Å². The van der Waals surface area contributed by atoms with Gasteiger partial charge in [0.15, 0.2) is 5.60 Å². The van der Waals surface area contributed by atoms with E-state index in [4.69, 9.17) is 4.74 Å². The fourth-order valence-corrected chi connectivity index (χ4v) is 3.00. The van der Waals surface area contributed by atoms with Gasteiger partial charge >= 0.3 is 0 Å². The van der Waals surface area contributed by atoms with Crippen LogP contribution in [0.5, 0.6) is 0 Å². The van der Waals surface area contributed by atoms with Crippen molar-refractivity contribution in [2.24, 2.45) is 5.92 Å². The smallest absolute Gasteiger partial charge is 0.253 e. The Morgan fingerprint density at radius 1 is 1.29 bits per heavy atom. The van der Waals surface area contributed by atoms with Crippen LogP contribution in [-0.2, 0) is 14.3 Å². The third-order valence-corrected chi connectivity index (χ3v) is 4.57. The Labute approximate surface area is 126 Å². The number of nitrogens with zero attached hydrogens (tertiary/aromatic N) is 2. The summed E-state index contributed by atoms with van der Waals surface area (Å²) in [6.45, 7) is 7.74. The number of carbonyl (C=O) groups is 2. The number of rotatable bonds is 3. The summed E-state index contributed by atoms with van der Waals surface area (Å²) in [7, 11) is 1.59. The first kappa shape index (κ1) is 16.2. The van der Waals surface area contributed by atoms with Gasteiger partial charge in [-0.1, -0.05) is 6.92 Å². The number of likely N-dealkylation sites (N-methyl/N-ethyl adjacent to an activating group) is 1. The first-order chi connectivity index (χ1) is 9.94. The largest absolute Gasteiger partial charge is 0.362 e. The molecular formula is C15H27N3O3. The fraction of sp³-hybridized carbons (Fsp3) is 0.867. The van der Waals surface area contributed by atoms with Gasteiger partial charge in [0.2, 0.25) is 5.91 Å². The van der Waals surface area contributed by atoms with E-state index in [0.717, 1.165) is 31.8 Å². The minimum Gasteiger partial charge on any atom is -0.362 e. The molecule has 0 aromatic heterocycles. The van der Waals surface area contributed by atoms with Crippen LogP contribution in [0, 0.1) is 5.92 Å². The number of likely N-dealkylation sites (tertiary alicyclic amines) is 1. The van der Waals surface area contributed by atoms with E-state index in [-0.39, 0.29) is 11.8 Å². The molecular weight excluding hydrogens is 270 g/mol. The van der Waals surface area contributed by atoms with Crippen molar-refractivity contribution in [3.05, 3.63) is 0 Å². The number of morpholine rings is 1. The standard InChI is InChI=1S/C15H27N3O3/c1-12-4-6-17(7-5-12)10-13(19)18-8-9-21-15(2,11-18)14(20)16-3/h12H,4-11H2,1-3H3,(H,16,20). The Balaban J connectivity index is 1.89. The van der Waals surface area contributed by atoms with E-state index in [9.17, 15) is 9.59 Å². The first-order valence-electron chi connectivity index (χ1n) is 7.81. The third-order valence-electron chi connectivity index (χ3n) is 4.57. The van der Waals surface area contributed by atoms with E-state index < -0.39 is 5.60 Å². The summed E-state index contributed by atoms with van der Waals surface area (Å²) in [6.07, 6.45) is 2.32. The predicted octanol–water partition coefficient (Wildman–Crippen LogP) is 0.0818. The predicted molar refractivity (Wildman–Crippen MR) is 79.8 cm³/mol. The average Bonchev–Trinajstić information content (AvgIpc) is 2.48. The highest BCUT2D eigenvalue weighted by molar-refractivity contribution is 5.86. The van der Waals surface area contributed by atoms with Crippen LogP contribution >= 0.6 is 0 Å². The molecule has 2 fully saturated rings. The zero-order valence-corrected chi connectivity index (χ0v) is 13.4. The van der Waals surface area contributed by atoms with Gasteiger partial charge in [0.1, 0.15) is 0 Å². The highest BCUT2D eigenvalue weighted by atomic mass is 16.5. The van der Waals surface area contributed by atoms with E-state index in [1.807, 2.05) is 0 Å². The number of ether oxygens (including phenoxy) is 1. The van der Waals surface area contributed by atoms with Crippen LogP contribution < -0.4 is 5.32 Å². The lowest BCUT2D eigenvalue weighted by atomic mass is 9.99. The molecule has 6 heteroatoms. The Morgan fingerprint density at radius 3 is 2.57 bits per heavy atom. The van der Waals surface area contributed by atoms with Crippen LogP contribution in [0.2, 0.25) is 0 Å². The molecule has 21 heavy (non-hydrogen) atoms. The van der Waals surface area contributed by atoms with Crippen molar-refractivity contribution in [3.8, 4) is 0 Å². The Hall–Kier alpha value is -1.14. The molecule has 2 saturated heterocycles. The summed E-state index contributed by atoms with van der Waals surface area (Å²) >= 11 is 0. The molecule has 6 nitrogen and oxygen atoms in total. The van der Waals surface area contributed by atoms with Crippen LogP contribution in [0.25, 0.3) is 0 Å². The molecule has 2 rings (SSSR count). The van der Waals surface area contributed by atoms with Gasteiger partial charge < -0.3 is 15.0 Å². The van der Waals surface area contributed by atoms with Gasteiger partial charge in [-0.3, -0.25) is 14.5 Å². The van der Waals surface area contributed by atoms with E-state index in [1.54, 1.807) is 18.9 Å². The molecule has 0 aliphatic carbocycles. The molecule has 2 aliphatic heterocycles. The normalized spacial score (nSPS) is 28.4. The SMILES string of the molecule is CNC(=O)C1(C)CN(C(=O)CN2CCC(C)CC2)CCO1. The van der Waals surface area contributed by atoms with Gasteiger partial charge in [-0.05, 0) is 38.8 Å². The molecule has 0 aromatic rings. The van der Waals surface area contributed by atoms with Crippen LogP contribution in [0.15, 0.2) is 0 Å². The van der Waals surface area contributed by atoms with E-state index >= 15 is 0 Å². The number of piperidine rings is 1. The lowest BCUT2D eigenvalue weighted by Crippen LogP contribution is -2.60. The molecule has 2 amide bonds. The lowest BCUT2D eigenvalue weighted by molar-refractivity contribution is -0.163. The number of hydrogen-bond donors (Lipinski definition) is 1. The Morgan fingerprint density at radius 2 is 1.95 bits per heavy atom. The monoisotopic (exact) mass is 297 g/mol. The van der Waals surface area contributed by atoms with Crippen molar-refractivity contribution in [2.45, 2.75) is 32.3 Å². The molecule has 0 spiro atoms. The maximum absolute atomic E-state index is 12.4. The van der Waals surface area contributed by atoms with Gasteiger partial charge in [0, 0.05) is 13.6 Å². The van der Waals surface area contributed by atoms with Gasteiger partial charge in [-0.25, -0.2) is 0 Å². The van der Waals surface area contributed by atoms with Crippen LogP contribution in [0.3, 0.4) is 0 Å². The minimum atomic E-state index is -0.931. The Bertz CT molecular complexity index is 394. The maximum atomic E-state index is 12.4. The molecule has 1 unspecified atom stereocenters. The van der Waals surface area contributed by atoms with Crippen molar-refractivity contribution in [3.63, 3.8) is 0 Å². The second-order valence-electron chi connectivity index (χ2n) is 6.43. The van der Waals surface area contributed by atoms with Gasteiger partial charge in [0.05, 0.1) is 19.7 Å². The number of nitrogens with one attached hydrogen (secondary N) is 1. The summed E-state index contributed by atoms with van der Waals surface area (Å²) < 4.78 is 5.58. The van der Waals surface area contributed by atoms with Gasteiger partial charge in [-0.15, -0.1) is 0 Å². The van der Waals surface area contributed by atoms with E-state index in [0.29, 0.717) is 26.2 Å². The van der Waals surface area contributed by atoms with Crippen LogP contribution in [0.1, 0.15) is 26.7 Å². The molecule has 0 aromatic carbocycles.